The van der Waals surface area contributed by atoms with Crippen molar-refractivity contribution in [1.29, 1.82) is 0 Å². The van der Waals surface area contributed by atoms with E-state index in [9.17, 15) is 4.79 Å². The highest BCUT2D eigenvalue weighted by molar-refractivity contribution is 7.99. The molecule has 0 bridgehead atoms. The van der Waals surface area contributed by atoms with Gasteiger partial charge >= 0.3 is 0 Å². The monoisotopic (exact) mass is 430 g/mol. The fraction of sp³-hybridized carbons (Fsp3) is 0.320. The summed E-state index contributed by atoms with van der Waals surface area (Å²) >= 11 is 1.66. The first-order chi connectivity index (χ1) is 15.1. The van der Waals surface area contributed by atoms with Crippen LogP contribution in [0.1, 0.15) is 43.9 Å². The molecule has 0 fully saturated rings. The molecule has 0 saturated carbocycles. The number of nitrogens with zero attached hydrogens (tertiary/aromatic N) is 4. The third-order valence-corrected chi connectivity index (χ3v) is 7.28. The smallest absolute Gasteiger partial charge is 0.259 e. The zero-order chi connectivity index (χ0) is 21.6. The van der Waals surface area contributed by atoms with Crippen molar-refractivity contribution in [1.82, 2.24) is 19.2 Å². The Balaban J connectivity index is 1.91. The number of fused-ring (bicyclic) bond motifs is 5. The van der Waals surface area contributed by atoms with E-state index < -0.39 is 0 Å². The third kappa shape index (κ3) is 3.12. The Morgan fingerprint density at radius 2 is 1.77 bits per heavy atom. The molecule has 4 aromatic rings. The van der Waals surface area contributed by atoms with E-state index in [4.69, 9.17) is 0 Å². The summed E-state index contributed by atoms with van der Waals surface area (Å²) in [5.41, 5.74) is 5.13. The van der Waals surface area contributed by atoms with Gasteiger partial charge in [0.05, 0.1) is 12.2 Å². The molecule has 5 nitrogen and oxygen atoms in total. The molecule has 158 valence electrons. The molecule has 0 amide bonds. The fourth-order valence-corrected chi connectivity index (χ4v) is 5.38. The number of rotatable bonds is 5. The highest BCUT2D eigenvalue weighted by Crippen LogP contribution is 2.44. The van der Waals surface area contributed by atoms with Crippen LogP contribution in [0.15, 0.2) is 64.5 Å². The van der Waals surface area contributed by atoms with Crippen molar-refractivity contribution >= 4 is 17.5 Å². The van der Waals surface area contributed by atoms with Gasteiger partial charge in [-0.05, 0) is 29.7 Å². The lowest BCUT2D eigenvalue weighted by atomic mass is 9.69. The summed E-state index contributed by atoms with van der Waals surface area (Å²) in [6, 6.07) is 18.6. The molecule has 31 heavy (non-hydrogen) atoms. The predicted octanol–water partition coefficient (Wildman–Crippen LogP) is 4.94. The SMILES string of the molecule is CCSc1nnc2n(Cc3ccccc3)c(=O)c3c(n12)-c1ccccc1CC3(C)CC. The van der Waals surface area contributed by atoms with Crippen LogP contribution in [0.2, 0.25) is 0 Å². The first-order valence-corrected chi connectivity index (χ1v) is 11.8. The molecule has 2 aromatic carbocycles. The number of hydrogen-bond acceptors (Lipinski definition) is 4. The summed E-state index contributed by atoms with van der Waals surface area (Å²) in [5, 5.41) is 9.84. The van der Waals surface area contributed by atoms with Crippen LogP contribution in [0.5, 0.6) is 0 Å². The van der Waals surface area contributed by atoms with Crippen molar-refractivity contribution in [2.24, 2.45) is 0 Å². The molecule has 0 radical (unpaired) electrons. The number of benzene rings is 2. The lowest BCUT2D eigenvalue weighted by Crippen LogP contribution is -2.40. The van der Waals surface area contributed by atoms with Gasteiger partial charge in [0.2, 0.25) is 5.78 Å². The predicted molar refractivity (Wildman–Crippen MR) is 126 cm³/mol. The summed E-state index contributed by atoms with van der Waals surface area (Å²) in [6.45, 7) is 6.99. The van der Waals surface area contributed by atoms with E-state index in [0.717, 1.165) is 46.1 Å². The van der Waals surface area contributed by atoms with Gasteiger partial charge in [0.25, 0.3) is 5.56 Å². The summed E-state index contributed by atoms with van der Waals surface area (Å²) in [4.78, 5) is 14.1. The van der Waals surface area contributed by atoms with E-state index >= 15 is 0 Å². The van der Waals surface area contributed by atoms with Gasteiger partial charge in [0.1, 0.15) is 0 Å². The maximum Gasteiger partial charge on any atom is 0.259 e. The first-order valence-electron chi connectivity index (χ1n) is 10.8. The zero-order valence-corrected chi connectivity index (χ0v) is 18.9. The third-order valence-electron chi connectivity index (χ3n) is 6.47. The Morgan fingerprint density at radius 3 is 2.52 bits per heavy atom. The van der Waals surface area contributed by atoms with Crippen LogP contribution >= 0.6 is 11.8 Å². The Bertz CT molecular complexity index is 1320. The topological polar surface area (TPSA) is 52.2 Å². The Hall–Kier alpha value is -2.86. The Kier molecular flexibility index (Phi) is 4.97. The Labute approximate surface area is 186 Å². The zero-order valence-electron chi connectivity index (χ0n) is 18.1. The normalized spacial score (nSPS) is 17.5. The first kappa shape index (κ1) is 20.1. The molecular weight excluding hydrogens is 404 g/mol. The van der Waals surface area contributed by atoms with Crippen LogP contribution in [0.25, 0.3) is 17.0 Å². The van der Waals surface area contributed by atoms with Gasteiger partial charge in [-0.2, -0.15) is 0 Å². The number of aromatic nitrogens is 4. The summed E-state index contributed by atoms with van der Waals surface area (Å²) < 4.78 is 3.93. The van der Waals surface area contributed by atoms with E-state index in [-0.39, 0.29) is 11.0 Å². The van der Waals surface area contributed by atoms with Gasteiger partial charge in [-0.1, -0.05) is 87.1 Å². The molecule has 1 aliphatic carbocycles. The lowest BCUT2D eigenvalue weighted by Gasteiger charge is -2.36. The fourth-order valence-electron chi connectivity index (χ4n) is 4.72. The highest BCUT2D eigenvalue weighted by atomic mass is 32.2. The van der Waals surface area contributed by atoms with Crippen molar-refractivity contribution in [2.45, 2.75) is 50.7 Å². The average Bonchev–Trinajstić information content (AvgIpc) is 3.20. The van der Waals surface area contributed by atoms with Crippen molar-refractivity contribution in [2.75, 3.05) is 5.75 Å². The average molecular weight is 431 g/mol. The van der Waals surface area contributed by atoms with E-state index in [0.29, 0.717) is 12.3 Å². The van der Waals surface area contributed by atoms with Crippen LogP contribution < -0.4 is 5.56 Å². The maximum atomic E-state index is 14.1. The second kappa shape index (κ2) is 7.68. The minimum Gasteiger partial charge on any atom is -0.272 e. The lowest BCUT2D eigenvalue weighted by molar-refractivity contribution is 0.435. The van der Waals surface area contributed by atoms with Crippen molar-refractivity contribution in [3.05, 3.63) is 81.6 Å². The van der Waals surface area contributed by atoms with Crippen LogP contribution in [0, 0.1) is 0 Å². The molecule has 0 N–H and O–H groups in total. The molecule has 1 atom stereocenters. The van der Waals surface area contributed by atoms with E-state index in [1.807, 2.05) is 22.8 Å². The van der Waals surface area contributed by atoms with Gasteiger partial charge in [-0.25, -0.2) is 0 Å². The molecular formula is C25H26N4OS. The van der Waals surface area contributed by atoms with E-state index in [1.54, 1.807) is 11.8 Å². The quantitative estimate of drug-likeness (QED) is 0.421. The van der Waals surface area contributed by atoms with Gasteiger partial charge in [0, 0.05) is 16.5 Å². The standard InChI is InChI=1S/C25H26N4OS/c1-4-25(3)15-18-13-9-10-14-19(18)21-20(25)22(30)28(16-17-11-7-6-8-12-17)23-26-27-24(29(21)23)31-5-2/h6-14H,4-5,15-16H2,1-3H3. The summed E-state index contributed by atoms with van der Waals surface area (Å²) in [5.74, 6) is 1.50. The Morgan fingerprint density at radius 1 is 1.03 bits per heavy atom. The molecule has 2 aromatic heterocycles. The van der Waals surface area contributed by atoms with Crippen LogP contribution in [-0.2, 0) is 18.4 Å². The second-order valence-corrected chi connectivity index (χ2v) is 9.63. The van der Waals surface area contributed by atoms with Gasteiger partial charge in [-0.3, -0.25) is 13.8 Å². The molecule has 0 aliphatic heterocycles. The van der Waals surface area contributed by atoms with E-state index in [2.05, 4.69) is 71.8 Å². The van der Waals surface area contributed by atoms with Gasteiger partial charge in [0.15, 0.2) is 5.16 Å². The molecule has 1 unspecified atom stereocenters. The van der Waals surface area contributed by atoms with Gasteiger partial charge < -0.3 is 0 Å². The van der Waals surface area contributed by atoms with Crippen molar-refractivity contribution in [3.8, 4) is 11.3 Å². The molecule has 6 heteroatoms. The van der Waals surface area contributed by atoms with Crippen LogP contribution in [0.3, 0.4) is 0 Å². The number of thioether (sulfide) groups is 1. The highest BCUT2D eigenvalue weighted by Gasteiger charge is 2.39. The molecule has 0 saturated heterocycles. The van der Waals surface area contributed by atoms with Crippen LogP contribution in [0.4, 0.5) is 0 Å². The van der Waals surface area contributed by atoms with Crippen LogP contribution in [-0.4, -0.2) is 24.9 Å². The second-order valence-electron chi connectivity index (χ2n) is 8.40. The molecule has 0 spiro atoms. The molecule has 2 heterocycles. The minimum atomic E-state index is -0.244. The summed E-state index contributed by atoms with van der Waals surface area (Å²) in [7, 11) is 0. The summed E-state index contributed by atoms with van der Waals surface area (Å²) in [6.07, 6.45) is 1.75. The molecule has 5 rings (SSSR count). The van der Waals surface area contributed by atoms with Gasteiger partial charge in [-0.15, -0.1) is 10.2 Å². The maximum absolute atomic E-state index is 14.1. The number of hydrogen-bond donors (Lipinski definition) is 0. The van der Waals surface area contributed by atoms with Crippen molar-refractivity contribution in [3.63, 3.8) is 0 Å². The van der Waals surface area contributed by atoms with Crippen molar-refractivity contribution < 1.29 is 0 Å². The minimum absolute atomic E-state index is 0.0469. The van der Waals surface area contributed by atoms with E-state index in [1.165, 1.54) is 5.56 Å². The largest absolute Gasteiger partial charge is 0.272 e. The molecule has 1 aliphatic rings.